The van der Waals surface area contributed by atoms with E-state index in [4.69, 9.17) is 4.74 Å². The van der Waals surface area contributed by atoms with Crippen molar-refractivity contribution < 1.29 is 9.53 Å². The van der Waals surface area contributed by atoms with Crippen LogP contribution in [0.5, 0.6) is 5.75 Å². The molecule has 0 aliphatic carbocycles. The van der Waals surface area contributed by atoms with Crippen molar-refractivity contribution in [2.45, 2.75) is 38.6 Å². The summed E-state index contributed by atoms with van der Waals surface area (Å²) in [4.78, 5) is 17.1. The van der Waals surface area contributed by atoms with Gasteiger partial charge in [0.1, 0.15) is 5.75 Å². The topological polar surface area (TPSA) is 63.2 Å². The van der Waals surface area contributed by atoms with E-state index in [0.29, 0.717) is 11.7 Å². The fourth-order valence-electron chi connectivity index (χ4n) is 2.89. The van der Waals surface area contributed by atoms with Crippen molar-refractivity contribution in [1.82, 2.24) is 10.3 Å². The molecule has 1 aliphatic rings. The van der Waals surface area contributed by atoms with Gasteiger partial charge in [-0.2, -0.15) is 0 Å². The van der Waals surface area contributed by atoms with Gasteiger partial charge in [-0.3, -0.25) is 4.79 Å². The van der Waals surface area contributed by atoms with Crippen LogP contribution in [-0.4, -0.2) is 29.6 Å². The minimum atomic E-state index is -0.436. The molecule has 2 aromatic rings. The molecule has 0 spiro atoms. The lowest BCUT2D eigenvalue weighted by Crippen LogP contribution is -2.50. The van der Waals surface area contributed by atoms with E-state index in [1.807, 2.05) is 32.0 Å². The van der Waals surface area contributed by atoms with Crippen LogP contribution in [0, 0.1) is 0 Å². The van der Waals surface area contributed by atoms with Gasteiger partial charge in [0.2, 0.25) is 5.91 Å². The molecule has 1 atom stereocenters. The third kappa shape index (κ3) is 3.59. The molecule has 23 heavy (non-hydrogen) atoms. The minimum absolute atomic E-state index is 0. The molecular weight excluding hydrogens is 334 g/mol. The number of carbonyl (C=O) groups is 1. The highest BCUT2D eigenvalue weighted by molar-refractivity contribution is 7.22. The minimum Gasteiger partial charge on any atom is -0.494 e. The van der Waals surface area contributed by atoms with Crippen LogP contribution in [-0.2, 0) is 4.79 Å². The molecule has 1 aromatic heterocycles. The first-order valence-corrected chi connectivity index (χ1v) is 8.58. The molecule has 2 heterocycles. The number of hydrogen-bond donors (Lipinski definition) is 2. The monoisotopic (exact) mass is 355 g/mol. The Bertz CT molecular complexity index is 683. The molecule has 3 rings (SSSR count). The first-order chi connectivity index (χ1) is 10.7. The summed E-state index contributed by atoms with van der Waals surface area (Å²) in [7, 11) is 0. The second-order valence-corrected chi connectivity index (χ2v) is 6.53. The second-order valence-electron chi connectivity index (χ2n) is 5.50. The van der Waals surface area contributed by atoms with E-state index in [0.717, 1.165) is 41.8 Å². The summed E-state index contributed by atoms with van der Waals surface area (Å²) in [6.45, 7) is 5.54. The highest BCUT2D eigenvalue weighted by Crippen LogP contribution is 2.31. The summed E-state index contributed by atoms with van der Waals surface area (Å²) >= 11 is 1.48. The van der Waals surface area contributed by atoms with Gasteiger partial charge in [0, 0.05) is 0 Å². The number of halogens is 1. The molecule has 7 heteroatoms. The Hall–Kier alpha value is -1.37. The van der Waals surface area contributed by atoms with Crippen molar-refractivity contribution in [3.05, 3.63) is 18.2 Å². The maximum atomic E-state index is 12.6. The van der Waals surface area contributed by atoms with Crippen LogP contribution in [0.1, 0.15) is 33.1 Å². The van der Waals surface area contributed by atoms with Crippen LogP contribution in [0.25, 0.3) is 10.2 Å². The number of fused-ring (bicyclic) bond motifs is 1. The molecule has 0 saturated carbocycles. The summed E-state index contributed by atoms with van der Waals surface area (Å²) in [5.74, 6) is 0.857. The van der Waals surface area contributed by atoms with Crippen LogP contribution < -0.4 is 15.4 Å². The number of nitrogens with zero attached hydrogens (tertiary/aromatic N) is 1. The van der Waals surface area contributed by atoms with Crippen molar-refractivity contribution >= 4 is 45.0 Å². The molecule has 0 bridgehead atoms. The summed E-state index contributed by atoms with van der Waals surface area (Å²) in [5, 5.41) is 6.97. The predicted molar refractivity (Wildman–Crippen MR) is 96.9 cm³/mol. The van der Waals surface area contributed by atoms with E-state index in [1.165, 1.54) is 11.3 Å². The number of benzene rings is 1. The fraction of sp³-hybridized carbons (Fsp3) is 0.500. The van der Waals surface area contributed by atoms with E-state index in [1.54, 1.807) is 0 Å². The molecule has 1 fully saturated rings. The van der Waals surface area contributed by atoms with Crippen molar-refractivity contribution in [1.29, 1.82) is 0 Å². The lowest BCUT2D eigenvalue weighted by atomic mass is 9.93. The average molecular weight is 356 g/mol. The number of carbonyl (C=O) groups excluding carboxylic acids is 1. The quantitative estimate of drug-likeness (QED) is 0.860. The zero-order valence-electron chi connectivity index (χ0n) is 13.3. The van der Waals surface area contributed by atoms with Gasteiger partial charge in [0.15, 0.2) is 5.13 Å². The van der Waals surface area contributed by atoms with Gasteiger partial charge in [0.05, 0.1) is 22.4 Å². The Morgan fingerprint density at radius 3 is 2.96 bits per heavy atom. The standard InChI is InChI=1S/C16H21N3O2S.ClH/c1-3-16(8-5-9-17-16)14(20)19-15-18-12-7-6-11(21-4-2)10-13(12)22-15;/h6-7,10,17H,3-5,8-9H2,1-2H3,(H,18,19,20);1H. The van der Waals surface area contributed by atoms with E-state index in [9.17, 15) is 4.79 Å². The van der Waals surface area contributed by atoms with Crippen LogP contribution in [0.3, 0.4) is 0 Å². The van der Waals surface area contributed by atoms with E-state index < -0.39 is 5.54 Å². The van der Waals surface area contributed by atoms with Gasteiger partial charge in [-0.15, -0.1) is 12.4 Å². The molecule has 2 N–H and O–H groups in total. The van der Waals surface area contributed by atoms with Crippen LogP contribution in [0.15, 0.2) is 18.2 Å². The number of anilines is 1. The SMILES string of the molecule is CCOc1ccc2nc(NC(=O)C3(CC)CCCN3)sc2c1.Cl. The molecule has 0 radical (unpaired) electrons. The normalized spacial score (nSPS) is 20.3. The van der Waals surface area contributed by atoms with Gasteiger partial charge in [-0.25, -0.2) is 4.98 Å². The number of hydrogen-bond acceptors (Lipinski definition) is 5. The Morgan fingerprint density at radius 2 is 2.30 bits per heavy atom. The van der Waals surface area contributed by atoms with Gasteiger partial charge < -0.3 is 15.4 Å². The van der Waals surface area contributed by atoms with E-state index in [-0.39, 0.29) is 18.3 Å². The van der Waals surface area contributed by atoms with Gasteiger partial charge in [-0.05, 0) is 50.9 Å². The molecule has 1 unspecified atom stereocenters. The second kappa shape index (κ2) is 7.47. The molecule has 126 valence electrons. The molecule has 1 saturated heterocycles. The number of ether oxygens (including phenoxy) is 1. The summed E-state index contributed by atoms with van der Waals surface area (Å²) in [5.41, 5.74) is 0.447. The summed E-state index contributed by atoms with van der Waals surface area (Å²) < 4.78 is 6.52. The van der Waals surface area contributed by atoms with Crippen LogP contribution >= 0.6 is 23.7 Å². The Morgan fingerprint density at radius 1 is 1.48 bits per heavy atom. The number of aromatic nitrogens is 1. The highest BCUT2D eigenvalue weighted by Gasteiger charge is 2.39. The van der Waals surface area contributed by atoms with E-state index in [2.05, 4.69) is 15.6 Å². The molecule has 5 nitrogen and oxygen atoms in total. The predicted octanol–water partition coefficient (Wildman–Crippen LogP) is 3.59. The number of thiazole rings is 1. The molecule has 1 amide bonds. The van der Waals surface area contributed by atoms with Crippen LogP contribution in [0.4, 0.5) is 5.13 Å². The maximum absolute atomic E-state index is 12.6. The smallest absolute Gasteiger partial charge is 0.246 e. The first kappa shape index (κ1) is 18.0. The molecule has 1 aromatic carbocycles. The lowest BCUT2D eigenvalue weighted by Gasteiger charge is -2.25. The third-order valence-electron chi connectivity index (χ3n) is 4.17. The summed E-state index contributed by atoms with van der Waals surface area (Å²) in [6, 6.07) is 5.80. The molecule has 1 aliphatic heterocycles. The third-order valence-corrected chi connectivity index (χ3v) is 5.11. The Labute approximate surface area is 146 Å². The largest absolute Gasteiger partial charge is 0.494 e. The molecular formula is C16H22ClN3O2S. The maximum Gasteiger partial charge on any atom is 0.246 e. The first-order valence-electron chi connectivity index (χ1n) is 7.77. The average Bonchev–Trinajstić information content (AvgIpc) is 3.13. The van der Waals surface area contributed by atoms with Crippen molar-refractivity contribution in [2.24, 2.45) is 0 Å². The number of amides is 1. The number of nitrogens with one attached hydrogen (secondary N) is 2. The lowest BCUT2D eigenvalue weighted by molar-refractivity contribution is -0.122. The van der Waals surface area contributed by atoms with Gasteiger partial charge in [0.25, 0.3) is 0 Å². The number of rotatable bonds is 5. The van der Waals surface area contributed by atoms with Gasteiger partial charge in [-0.1, -0.05) is 18.3 Å². The van der Waals surface area contributed by atoms with Crippen LogP contribution in [0.2, 0.25) is 0 Å². The van der Waals surface area contributed by atoms with Crippen molar-refractivity contribution in [2.75, 3.05) is 18.5 Å². The van der Waals surface area contributed by atoms with Crippen molar-refractivity contribution in [3.63, 3.8) is 0 Å². The Balaban J connectivity index is 0.00000192. The van der Waals surface area contributed by atoms with E-state index >= 15 is 0 Å². The Kier molecular flexibility index (Phi) is 5.84. The van der Waals surface area contributed by atoms with Crippen molar-refractivity contribution in [3.8, 4) is 5.75 Å². The van der Waals surface area contributed by atoms with Gasteiger partial charge >= 0.3 is 0 Å². The highest BCUT2D eigenvalue weighted by atomic mass is 35.5. The zero-order valence-corrected chi connectivity index (χ0v) is 15.0. The summed E-state index contributed by atoms with van der Waals surface area (Å²) in [6.07, 6.45) is 2.71. The zero-order chi connectivity index (χ0) is 15.6. The fourth-order valence-corrected chi connectivity index (χ4v) is 3.78.